The van der Waals surface area contributed by atoms with E-state index in [1.807, 2.05) is 19.1 Å². The molecule has 0 aliphatic carbocycles. The molecule has 0 saturated heterocycles. The van der Waals surface area contributed by atoms with Crippen LogP contribution in [-0.2, 0) is 0 Å². The molecule has 0 spiro atoms. The molecule has 4 heteroatoms. The predicted octanol–water partition coefficient (Wildman–Crippen LogP) is 3.18. The summed E-state index contributed by atoms with van der Waals surface area (Å²) in [5.41, 5.74) is 1.53. The maximum atomic E-state index is 12.1. The van der Waals surface area contributed by atoms with Gasteiger partial charge in [-0.1, -0.05) is 25.4 Å². The largest absolute Gasteiger partial charge is 0.396 e. The van der Waals surface area contributed by atoms with Crippen LogP contribution in [0.25, 0.3) is 0 Å². The molecular weight excluding hydrogens is 262 g/mol. The Morgan fingerprint density at radius 3 is 2.63 bits per heavy atom. The molecule has 2 N–H and O–H groups in total. The summed E-state index contributed by atoms with van der Waals surface area (Å²) >= 11 is 5.95. The number of benzene rings is 1. The molecule has 0 saturated carbocycles. The first-order valence-corrected chi connectivity index (χ1v) is 6.88. The molecule has 0 aliphatic rings. The average molecular weight is 284 g/mol. The number of hydrogen-bond acceptors (Lipinski definition) is 2. The second-order valence-corrected chi connectivity index (χ2v) is 6.13. The first-order chi connectivity index (χ1) is 8.84. The molecule has 3 nitrogen and oxygen atoms in total. The van der Waals surface area contributed by atoms with Crippen molar-refractivity contribution < 1.29 is 9.90 Å². The van der Waals surface area contributed by atoms with Gasteiger partial charge in [0.05, 0.1) is 0 Å². The summed E-state index contributed by atoms with van der Waals surface area (Å²) in [6.45, 7) is 6.83. The molecule has 1 amide bonds. The minimum Gasteiger partial charge on any atom is -0.396 e. The molecular formula is C15H22ClNO2. The van der Waals surface area contributed by atoms with Crippen LogP contribution in [0.15, 0.2) is 18.2 Å². The summed E-state index contributed by atoms with van der Waals surface area (Å²) < 4.78 is 0. The molecule has 1 rings (SSSR count). The summed E-state index contributed by atoms with van der Waals surface area (Å²) in [5, 5.41) is 12.3. The van der Waals surface area contributed by atoms with Crippen LogP contribution in [0.3, 0.4) is 0 Å². The zero-order valence-electron chi connectivity index (χ0n) is 11.8. The zero-order chi connectivity index (χ0) is 14.5. The van der Waals surface area contributed by atoms with Gasteiger partial charge >= 0.3 is 0 Å². The third kappa shape index (κ3) is 5.62. The van der Waals surface area contributed by atoms with Crippen LogP contribution >= 0.6 is 11.6 Å². The van der Waals surface area contributed by atoms with Crippen LogP contribution in [-0.4, -0.2) is 24.2 Å². The van der Waals surface area contributed by atoms with Crippen LogP contribution in [0.4, 0.5) is 0 Å². The molecule has 0 bridgehead atoms. The van der Waals surface area contributed by atoms with Gasteiger partial charge in [0.1, 0.15) is 0 Å². The summed E-state index contributed by atoms with van der Waals surface area (Å²) in [6.07, 6.45) is 1.62. The molecule has 0 unspecified atom stereocenters. The summed E-state index contributed by atoms with van der Waals surface area (Å²) in [6, 6.07) is 5.32. The number of halogens is 1. The Balaban J connectivity index is 2.60. The number of carbonyl (C=O) groups is 1. The highest BCUT2D eigenvalue weighted by Crippen LogP contribution is 2.21. The smallest absolute Gasteiger partial charge is 0.251 e. The van der Waals surface area contributed by atoms with Crippen molar-refractivity contribution in [2.75, 3.05) is 13.2 Å². The van der Waals surface area contributed by atoms with Gasteiger partial charge in [-0.2, -0.15) is 0 Å². The van der Waals surface area contributed by atoms with Gasteiger partial charge in [0, 0.05) is 23.7 Å². The van der Waals surface area contributed by atoms with Crippen LogP contribution in [0, 0.1) is 12.3 Å². The fraction of sp³-hybridized carbons (Fsp3) is 0.533. The van der Waals surface area contributed by atoms with E-state index in [1.165, 1.54) is 0 Å². The lowest BCUT2D eigenvalue weighted by Gasteiger charge is -2.24. The quantitative estimate of drug-likeness (QED) is 0.842. The van der Waals surface area contributed by atoms with Gasteiger partial charge in [-0.3, -0.25) is 4.79 Å². The number of aliphatic hydroxyl groups excluding tert-OH is 1. The van der Waals surface area contributed by atoms with Crippen LogP contribution < -0.4 is 5.32 Å². The Labute approximate surface area is 120 Å². The monoisotopic (exact) mass is 283 g/mol. The van der Waals surface area contributed by atoms with Crippen molar-refractivity contribution in [3.63, 3.8) is 0 Å². The third-order valence-corrected chi connectivity index (χ3v) is 3.26. The summed E-state index contributed by atoms with van der Waals surface area (Å²) in [7, 11) is 0. The number of hydrogen-bond donors (Lipinski definition) is 2. The number of amides is 1. The Bertz CT molecular complexity index is 424. The molecule has 0 atom stereocenters. The lowest BCUT2D eigenvalue weighted by molar-refractivity contribution is 0.0933. The van der Waals surface area contributed by atoms with E-state index >= 15 is 0 Å². The Morgan fingerprint density at radius 2 is 2.05 bits per heavy atom. The maximum absolute atomic E-state index is 12.1. The van der Waals surface area contributed by atoms with Crippen molar-refractivity contribution in [3.05, 3.63) is 34.3 Å². The second kappa shape index (κ2) is 6.92. The lowest BCUT2D eigenvalue weighted by Crippen LogP contribution is -2.34. The molecule has 0 aromatic heterocycles. The van der Waals surface area contributed by atoms with Crippen molar-refractivity contribution in [2.24, 2.45) is 5.41 Å². The number of carbonyl (C=O) groups excluding carboxylic acids is 1. The molecule has 0 aliphatic heterocycles. The Morgan fingerprint density at radius 1 is 1.37 bits per heavy atom. The molecule has 0 radical (unpaired) electrons. The first-order valence-electron chi connectivity index (χ1n) is 6.50. The zero-order valence-corrected chi connectivity index (χ0v) is 12.5. The van der Waals surface area contributed by atoms with Gasteiger partial charge in [-0.25, -0.2) is 0 Å². The first kappa shape index (κ1) is 16.0. The maximum Gasteiger partial charge on any atom is 0.251 e. The standard InChI is InChI=1S/C15H22ClNO2/c1-11-7-12(9-13(16)8-11)14(19)17-10-15(2,3)5-4-6-18/h7-9,18H,4-6,10H2,1-3H3,(H,17,19). The van der Waals surface area contributed by atoms with Crippen molar-refractivity contribution >= 4 is 17.5 Å². The Hall–Kier alpha value is -1.06. The minimum atomic E-state index is -0.109. The number of nitrogens with one attached hydrogen (secondary N) is 1. The summed E-state index contributed by atoms with van der Waals surface area (Å²) in [5.74, 6) is -0.109. The summed E-state index contributed by atoms with van der Waals surface area (Å²) in [4.78, 5) is 12.1. The van der Waals surface area contributed by atoms with Crippen molar-refractivity contribution in [1.82, 2.24) is 5.32 Å². The van der Waals surface area contributed by atoms with Gasteiger partial charge in [0.15, 0.2) is 0 Å². The van der Waals surface area contributed by atoms with Crippen molar-refractivity contribution in [1.29, 1.82) is 0 Å². The normalized spacial score (nSPS) is 11.4. The molecule has 1 aromatic carbocycles. The van der Waals surface area contributed by atoms with E-state index in [0.717, 1.165) is 18.4 Å². The lowest BCUT2D eigenvalue weighted by atomic mass is 9.88. The SMILES string of the molecule is Cc1cc(Cl)cc(C(=O)NCC(C)(C)CCCO)c1. The average Bonchev–Trinajstić information content (AvgIpc) is 2.32. The van der Waals surface area contributed by atoms with E-state index in [4.69, 9.17) is 16.7 Å². The molecule has 1 aromatic rings. The van der Waals surface area contributed by atoms with E-state index in [9.17, 15) is 4.79 Å². The topological polar surface area (TPSA) is 49.3 Å². The molecule has 106 valence electrons. The Kier molecular flexibility index (Phi) is 5.83. The van der Waals surface area contributed by atoms with E-state index in [2.05, 4.69) is 19.2 Å². The van der Waals surface area contributed by atoms with Gasteiger partial charge in [-0.05, 0) is 48.9 Å². The van der Waals surface area contributed by atoms with Crippen LogP contribution in [0.1, 0.15) is 42.6 Å². The van der Waals surface area contributed by atoms with E-state index in [1.54, 1.807) is 6.07 Å². The van der Waals surface area contributed by atoms with Crippen molar-refractivity contribution in [2.45, 2.75) is 33.6 Å². The minimum absolute atomic E-state index is 0.0218. The third-order valence-electron chi connectivity index (χ3n) is 3.04. The van der Waals surface area contributed by atoms with E-state index in [-0.39, 0.29) is 17.9 Å². The van der Waals surface area contributed by atoms with Crippen LogP contribution in [0.5, 0.6) is 0 Å². The molecule has 0 heterocycles. The van der Waals surface area contributed by atoms with Gasteiger partial charge in [-0.15, -0.1) is 0 Å². The number of aliphatic hydroxyl groups is 1. The molecule has 0 fully saturated rings. The highest BCUT2D eigenvalue weighted by molar-refractivity contribution is 6.31. The van der Waals surface area contributed by atoms with Gasteiger partial charge in [0.25, 0.3) is 5.91 Å². The van der Waals surface area contributed by atoms with E-state index < -0.39 is 0 Å². The fourth-order valence-corrected chi connectivity index (χ4v) is 2.22. The van der Waals surface area contributed by atoms with Gasteiger partial charge in [0.2, 0.25) is 0 Å². The highest BCUT2D eigenvalue weighted by atomic mass is 35.5. The van der Waals surface area contributed by atoms with Crippen LogP contribution in [0.2, 0.25) is 5.02 Å². The highest BCUT2D eigenvalue weighted by Gasteiger charge is 2.18. The number of aryl methyl sites for hydroxylation is 1. The van der Waals surface area contributed by atoms with Crippen molar-refractivity contribution in [3.8, 4) is 0 Å². The van der Waals surface area contributed by atoms with Gasteiger partial charge < -0.3 is 10.4 Å². The second-order valence-electron chi connectivity index (χ2n) is 5.69. The van der Waals surface area contributed by atoms with E-state index in [0.29, 0.717) is 17.1 Å². The number of rotatable bonds is 6. The molecule has 19 heavy (non-hydrogen) atoms. The predicted molar refractivity (Wildman–Crippen MR) is 78.6 cm³/mol. The fourth-order valence-electron chi connectivity index (χ4n) is 1.94.